The summed E-state index contributed by atoms with van der Waals surface area (Å²) in [6, 6.07) is 6.40. The monoisotopic (exact) mass is 370 g/mol. The third kappa shape index (κ3) is 6.04. The van der Waals surface area contributed by atoms with Gasteiger partial charge in [0.15, 0.2) is 11.7 Å². The van der Waals surface area contributed by atoms with E-state index in [1.165, 1.54) is 16.7 Å². The molecule has 1 aromatic carbocycles. The van der Waals surface area contributed by atoms with E-state index in [0.29, 0.717) is 17.5 Å². The summed E-state index contributed by atoms with van der Waals surface area (Å²) in [5, 5.41) is 7.52. The van der Waals surface area contributed by atoms with Gasteiger partial charge in [0, 0.05) is 19.0 Å². The topological polar surface area (TPSA) is 49.3 Å². The summed E-state index contributed by atoms with van der Waals surface area (Å²) >= 11 is 0.976. The number of alkyl halides is 3. The van der Waals surface area contributed by atoms with Crippen LogP contribution in [-0.2, 0) is 19.1 Å². The zero-order chi connectivity index (χ0) is 18.4. The number of halogens is 3. The number of aryl methyl sites for hydroxylation is 2. The van der Waals surface area contributed by atoms with Crippen LogP contribution in [0.2, 0.25) is 0 Å². The molecule has 136 valence electrons. The number of nitrogens with zero attached hydrogens (tertiary/aromatic N) is 2. The molecule has 8 heteroatoms. The van der Waals surface area contributed by atoms with E-state index in [1.54, 1.807) is 7.05 Å². The number of nitrogens with one attached hydrogen (secondary N) is 2. The lowest BCUT2D eigenvalue weighted by molar-refractivity contribution is -0.140. The lowest BCUT2D eigenvalue weighted by atomic mass is 10.1. The molecule has 2 rings (SSSR count). The molecule has 0 saturated heterocycles. The first-order valence-electron chi connectivity index (χ1n) is 7.81. The Bertz CT molecular complexity index is 717. The molecule has 1 heterocycles. The van der Waals surface area contributed by atoms with E-state index in [4.69, 9.17) is 0 Å². The van der Waals surface area contributed by atoms with Gasteiger partial charge >= 0.3 is 6.18 Å². The molecule has 0 atom stereocenters. The molecule has 4 nitrogen and oxygen atoms in total. The Morgan fingerprint density at radius 1 is 1.16 bits per heavy atom. The van der Waals surface area contributed by atoms with Crippen LogP contribution in [0.4, 0.5) is 13.2 Å². The Labute approximate surface area is 149 Å². The predicted octanol–water partition coefficient (Wildman–Crippen LogP) is 3.69. The fraction of sp³-hybridized carbons (Fsp3) is 0.412. The van der Waals surface area contributed by atoms with Crippen molar-refractivity contribution >= 4 is 17.3 Å². The van der Waals surface area contributed by atoms with Crippen LogP contribution in [0, 0.1) is 13.8 Å². The van der Waals surface area contributed by atoms with Crippen molar-refractivity contribution in [3.63, 3.8) is 0 Å². The molecule has 0 bridgehead atoms. The molecule has 0 saturated carbocycles. The fourth-order valence-corrected chi connectivity index (χ4v) is 3.18. The van der Waals surface area contributed by atoms with Crippen molar-refractivity contribution in [3.05, 3.63) is 51.0 Å². The fourth-order valence-electron chi connectivity index (χ4n) is 2.44. The van der Waals surface area contributed by atoms with Crippen molar-refractivity contribution in [3.8, 4) is 0 Å². The molecule has 2 aromatic rings. The summed E-state index contributed by atoms with van der Waals surface area (Å²) in [6.07, 6.45) is -3.57. The number of hydrogen-bond donors (Lipinski definition) is 2. The molecule has 0 aliphatic carbocycles. The Balaban J connectivity index is 1.82. The largest absolute Gasteiger partial charge is 0.434 e. The number of aromatic nitrogens is 1. The quantitative estimate of drug-likeness (QED) is 0.623. The van der Waals surface area contributed by atoms with Gasteiger partial charge < -0.3 is 10.6 Å². The average molecular weight is 370 g/mol. The summed E-state index contributed by atoms with van der Waals surface area (Å²) in [6.45, 7) is 5.00. The van der Waals surface area contributed by atoms with E-state index >= 15 is 0 Å². The molecule has 0 amide bonds. The van der Waals surface area contributed by atoms with E-state index in [-0.39, 0.29) is 6.54 Å². The maximum absolute atomic E-state index is 12.5. The molecule has 0 aliphatic rings. The summed E-state index contributed by atoms with van der Waals surface area (Å²) in [7, 11) is 1.62. The number of guanidine groups is 1. The highest BCUT2D eigenvalue weighted by Gasteiger charge is 2.33. The third-order valence-corrected chi connectivity index (χ3v) is 4.31. The molecule has 2 N–H and O–H groups in total. The van der Waals surface area contributed by atoms with E-state index in [1.807, 2.05) is 0 Å². The van der Waals surface area contributed by atoms with Gasteiger partial charge in [-0.2, -0.15) is 13.2 Å². The SMILES string of the molecule is CN=C(NCCc1cc(C)cc(C)c1)NCc1nc(C(F)(F)F)cs1. The second-order valence-electron chi connectivity index (χ2n) is 5.72. The molecular weight excluding hydrogens is 349 g/mol. The standard InChI is InChI=1S/C17H21F3N4S/c1-11-6-12(2)8-13(7-11)4-5-22-16(21-3)23-9-15-24-14(10-25-15)17(18,19)20/h6-8,10H,4-5,9H2,1-3H3,(H2,21,22,23). The van der Waals surface area contributed by atoms with Crippen LogP contribution < -0.4 is 10.6 Å². The first-order valence-corrected chi connectivity index (χ1v) is 8.69. The number of rotatable bonds is 5. The van der Waals surface area contributed by atoms with Crippen molar-refractivity contribution in [2.75, 3.05) is 13.6 Å². The smallest absolute Gasteiger partial charge is 0.356 e. The summed E-state index contributed by atoms with van der Waals surface area (Å²) < 4.78 is 37.6. The van der Waals surface area contributed by atoms with Crippen LogP contribution in [-0.4, -0.2) is 24.5 Å². The molecule has 25 heavy (non-hydrogen) atoms. The van der Waals surface area contributed by atoms with Crippen molar-refractivity contribution in [1.29, 1.82) is 0 Å². The van der Waals surface area contributed by atoms with Gasteiger partial charge in [0.25, 0.3) is 0 Å². The molecule has 1 aromatic heterocycles. The third-order valence-electron chi connectivity index (χ3n) is 3.46. The van der Waals surface area contributed by atoms with Crippen LogP contribution in [0.15, 0.2) is 28.6 Å². The summed E-state index contributed by atoms with van der Waals surface area (Å²) in [4.78, 5) is 7.66. The van der Waals surface area contributed by atoms with Gasteiger partial charge in [-0.05, 0) is 25.8 Å². The zero-order valence-corrected chi connectivity index (χ0v) is 15.2. The second-order valence-corrected chi connectivity index (χ2v) is 6.67. The molecule has 0 spiro atoms. The minimum atomic E-state index is -4.40. The molecule has 0 fully saturated rings. The van der Waals surface area contributed by atoms with Gasteiger partial charge in [-0.25, -0.2) is 4.98 Å². The Morgan fingerprint density at radius 2 is 1.84 bits per heavy atom. The highest BCUT2D eigenvalue weighted by atomic mass is 32.1. The number of thiazole rings is 1. The highest BCUT2D eigenvalue weighted by molar-refractivity contribution is 7.09. The van der Waals surface area contributed by atoms with Gasteiger partial charge in [-0.15, -0.1) is 11.3 Å². The van der Waals surface area contributed by atoms with Crippen LogP contribution in [0.1, 0.15) is 27.4 Å². The van der Waals surface area contributed by atoms with Gasteiger partial charge in [0.05, 0.1) is 6.54 Å². The van der Waals surface area contributed by atoms with Crippen molar-refractivity contribution < 1.29 is 13.2 Å². The summed E-state index contributed by atoms with van der Waals surface area (Å²) in [5.74, 6) is 0.535. The minimum Gasteiger partial charge on any atom is -0.356 e. The zero-order valence-electron chi connectivity index (χ0n) is 14.4. The molecule has 0 aliphatic heterocycles. The van der Waals surface area contributed by atoms with Gasteiger partial charge in [0.2, 0.25) is 0 Å². The van der Waals surface area contributed by atoms with Crippen molar-refractivity contribution in [1.82, 2.24) is 15.6 Å². The predicted molar refractivity (Wildman–Crippen MR) is 94.9 cm³/mol. The number of benzene rings is 1. The Hall–Kier alpha value is -2.09. The average Bonchev–Trinajstić information content (AvgIpc) is 2.99. The highest BCUT2D eigenvalue weighted by Crippen LogP contribution is 2.29. The Morgan fingerprint density at radius 3 is 2.40 bits per heavy atom. The lowest BCUT2D eigenvalue weighted by Gasteiger charge is -2.11. The van der Waals surface area contributed by atoms with E-state index in [9.17, 15) is 13.2 Å². The van der Waals surface area contributed by atoms with Crippen molar-refractivity contribution in [2.24, 2.45) is 4.99 Å². The van der Waals surface area contributed by atoms with Crippen LogP contribution in [0.25, 0.3) is 0 Å². The summed E-state index contributed by atoms with van der Waals surface area (Å²) in [5.41, 5.74) is 2.82. The van der Waals surface area contributed by atoms with Gasteiger partial charge in [0.1, 0.15) is 5.01 Å². The van der Waals surface area contributed by atoms with Crippen LogP contribution in [0.3, 0.4) is 0 Å². The molecule has 0 radical (unpaired) electrons. The first kappa shape index (κ1) is 19.2. The number of hydrogen-bond acceptors (Lipinski definition) is 3. The van der Waals surface area contributed by atoms with E-state index in [0.717, 1.165) is 23.1 Å². The minimum absolute atomic E-state index is 0.198. The molecule has 0 unspecified atom stereocenters. The van der Waals surface area contributed by atoms with Crippen LogP contribution >= 0.6 is 11.3 Å². The maximum atomic E-state index is 12.5. The second kappa shape index (κ2) is 8.33. The van der Waals surface area contributed by atoms with E-state index in [2.05, 4.69) is 52.7 Å². The normalized spacial score (nSPS) is 12.3. The first-order chi connectivity index (χ1) is 11.8. The Kier molecular flexibility index (Phi) is 6.41. The number of aliphatic imine (C=N–C) groups is 1. The maximum Gasteiger partial charge on any atom is 0.434 e. The van der Waals surface area contributed by atoms with Gasteiger partial charge in [-0.1, -0.05) is 29.3 Å². The van der Waals surface area contributed by atoms with Crippen molar-refractivity contribution in [2.45, 2.75) is 33.0 Å². The lowest BCUT2D eigenvalue weighted by Crippen LogP contribution is -2.37. The van der Waals surface area contributed by atoms with E-state index < -0.39 is 11.9 Å². The molecular formula is C17H21F3N4S. The van der Waals surface area contributed by atoms with Crippen LogP contribution in [0.5, 0.6) is 0 Å². The van der Waals surface area contributed by atoms with Gasteiger partial charge in [-0.3, -0.25) is 4.99 Å².